The summed E-state index contributed by atoms with van der Waals surface area (Å²) in [6.07, 6.45) is 9.05. The predicted octanol–water partition coefficient (Wildman–Crippen LogP) is 2.35. The van der Waals surface area contributed by atoms with Crippen LogP contribution < -0.4 is 5.73 Å². The maximum absolute atomic E-state index is 6.19. The summed E-state index contributed by atoms with van der Waals surface area (Å²) >= 11 is 0. The minimum Gasteiger partial charge on any atom is -0.326 e. The fraction of sp³-hybridized carbons (Fsp3) is 0.643. The van der Waals surface area contributed by atoms with Gasteiger partial charge in [0.2, 0.25) is 0 Å². The molecule has 0 saturated carbocycles. The van der Waals surface area contributed by atoms with Crippen molar-refractivity contribution in [3.63, 3.8) is 0 Å². The van der Waals surface area contributed by atoms with Crippen LogP contribution in [-0.2, 0) is 0 Å². The van der Waals surface area contributed by atoms with Crippen LogP contribution in [0.25, 0.3) is 0 Å². The molecule has 0 aromatic carbocycles. The Morgan fingerprint density at radius 1 is 1.12 bits per heavy atom. The summed E-state index contributed by atoms with van der Waals surface area (Å²) in [6.45, 7) is 4.46. The lowest BCUT2D eigenvalue weighted by Gasteiger charge is -2.33. The van der Waals surface area contributed by atoms with Gasteiger partial charge in [-0.2, -0.15) is 0 Å². The average Bonchev–Trinajstić information content (AvgIpc) is 2.59. The van der Waals surface area contributed by atoms with Gasteiger partial charge in [0.05, 0.1) is 0 Å². The van der Waals surface area contributed by atoms with Gasteiger partial charge in [-0.1, -0.05) is 12.8 Å². The van der Waals surface area contributed by atoms with Crippen molar-refractivity contribution in [2.45, 2.75) is 44.7 Å². The molecule has 2 unspecified atom stereocenters. The van der Waals surface area contributed by atoms with Gasteiger partial charge in [-0.15, -0.1) is 0 Å². The van der Waals surface area contributed by atoms with E-state index in [9.17, 15) is 0 Å². The van der Waals surface area contributed by atoms with Gasteiger partial charge in [-0.3, -0.25) is 9.88 Å². The van der Waals surface area contributed by atoms with Crippen molar-refractivity contribution in [2.24, 2.45) is 5.73 Å². The van der Waals surface area contributed by atoms with Crippen molar-refractivity contribution in [3.05, 3.63) is 30.1 Å². The second kappa shape index (κ2) is 6.12. The monoisotopic (exact) mass is 233 g/mol. The Kier molecular flexibility index (Phi) is 4.51. The molecule has 0 aliphatic carbocycles. The standard InChI is InChI=1S/C14H23N3/c1-12(15)14(13-6-8-16-9-7-13)17-10-4-2-3-5-11-17/h6-9,12,14H,2-5,10-11,15H2,1H3. The van der Waals surface area contributed by atoms with E-state index in [2.05, 4.69) is 28.9 Å². The first-order chi connectivity index (χ1) is 8.29. The van der Waals surface area contributed by atoms with Gasteiger partial charge in [0.15, 0.2) is 0 Å². The lowest BCUT2D eigenvalue weighted by molar-refractivity contribution is 0.183. The van der Waals surface area contributed by atoms with E-state index >= 15 is 0 Å². The van der Waals surface area contributed by atoms with E-state index in [0.717, 1.165) is 0 Å². The van der Waals surface area contributed by atoms with Gasteiger partial charge in [-0.25, -0.2) is 0 Å². The molecule has 2 N–H and O–H groups in total. The second-order valence-corrected chi connectivity index (χ2v) is 5.03. The molecule has 1 aromatic rings. The zero-order chi connectivity index (χ0) is 12.1. The summed E-state index contributed by atoms with van der Waals surface area (Å²) in [5, 5.41) is 0. The molecular formula is C14H23N3. The molecule has 2 atom stereocenters. The van der Waals surface area contributed by atoms with Gasteiger partial charge >= 0.3 is 0 Å². The SMILES string of the molecule is CC(N)C(c1ccncc1)N1CCCCCC1. The first kappa shape index (κ1) is 12.5. The number of nitrogens with zero attached hydrogens (tertiary/aromatic N) is 2. The van der Waals surface area contributed by atoms with Crippen LogP contribution in [0.4, 0.5) is 0 Å². The molecule has 94 valence electrons. The third-order valence-corrected chi connectivity index (χ3v) is 3.58. The van der Waals surface area contributed by atoms with Gasteiger partial charge in [0.25, 0.3) is 0 Å². The van der Waals surface area contributed by atoms with E-state index in [1.54, 1.807) is 0 Å². The molecule has 1 aliphatic heterocycles. The maximum Gasteiger partial charge on any atom is 0.0497 e. The Labute approximate surface area is 104 Å². The molecule has 1 aliphatic rings. The highest BCUT2D eigenvalue weighted by Crippen LogP contribution is 2.25. The van der Waals surface area contributed by atoms with Crippen molar-refractivity contribution in [1.82, 2.24) is 9.88 Å². The Hall–Kier alpha value is -0.930. The van der Waals surface area contributed by atoms with Crippen molar-refractivity contribution in [2.75, 3.05) is 13.1 Å². The number of pyridine rings is 1. The van der Waals surface area contributed by atoms with E-state index in [1.165, 1.54) is 44.3 Å². The zero-order valence-corrected chi connectivity index (χ0v) is 10.7. The summed E-state index contributed by atoms with van der Waals surface area (Å²) in [7, 11) is 0. The highest BCUT2D eigenvalue weighted by molar-refractivity contribution is 5.17. The molecule has 0 amide bonds. The van der Waals surface area contributed by atoms with Gasteiger partial charge in [0.1, 0.15) is 0 Å². The van der Waals surface area contributed by atoms with Crippen LogP contribution in [0, 0.1) is 0 Å². The van der Waals surface area contributed by atoms with Gasteiger partial charge in [0, 0.05) is 24.5 Å². The summed E-state index contributed by atoms with van der Waals surface area (Å²) in [6, 6.07) is 4.70. The quantitative estimate of drug-likeness (QED) is 0.871. The van der Waals surface area contributed by atoms with Crippen LogP contribution in [-0.4, -0.2) is 29.0 Å². The molecule has 1 saturated heterocycles. The Bertz CT molecular complexity index is 315. The molecule has 17 heavy (non-hydrogen) atoms. The number of hydrogen-bond acceptors (Lipinski definition) is 3. The summed E-state index contributed by atoms with van der Waals surface area (Å²) in [4.78, 5) is 6.64. The Balaban J connectivity index is 2.16. The number of likely N-dealkylation sites (tertiary alicyclic amines) is 1. The number of nitrogens with two attached hydrogens (primary N) is 1. The lowest BCUT2D eigenvalue weighted by atomic mass is 10.00. The van der Waals surface area contributed by atoms with Crippen LogP contribution in [0.15, 0.2) is 24.5 Å². The fourth-order valence-electron chi connectivity index (χ4n) is 2.78. The third kappa shape index (κ3) is 3.27. The molecule has 1 fully saturated rings. The Morgan fingerprint density at radius 2 is 1.71 bits per heavy atom. The highest BCUT2D eigenvalue weighted by Gasteiger charge is 2.24. The second-order valence-electron chi connectivity index (χ2n) is 5.03. The normalized spacial score (nSPS) is 21.8. The first-order valence-electron chi connectivity index (χ1n) is 6.68. The number of hydrogen-bond donors (Lipinski definition) is 1. The number of rotatable bonds is 3. The largest absolute Gasteiger partial charge is 0.326 e. The summed E-state index contributed by atoms with van der Waals surface area (Å²) in [5.41, 5.74) is 7.49. The molecule has 0 spiro atoms. The first-order valence-corrected chi connectivity index (χ1v) is 6.68. The van der Waals surface area contributed by atoms with Crippen molar-refractivity contribution in [1.29, 1.82) is 0 Å². The third-order valence-electron chi connectivity index (χ3n) is 3.58. The van der Waals surface area contributed by atoms with E-state index in [-0.39, 0.29) is 6.04 Å². The van der Waals surface area contributed by atoms with Crippen LogP contribution in [0.3, 0.4) is 0 Å². The summed E-state index contributed by atoms with van der Waals surface area (Å²) < 4.78 is 0. The smallest absolute Gasteiger partial charge is 0.0497 e. The molecule has 3 nitrogen and oxygen atoms in total. The minimum absolute atomic E-state index is 0.162. The molecule has 2 rings (SSSR count). The van der Waals surface area contributed by atoms with E-state index in [1.807, 2.05) is 12.4 Å². The maximum atomic E-state index is 6.19. The molecular weight excluding hydrogens is 210 g/mol. The predicted molar refractivity (Wildman–Crippen MR) is 70.7 cm³/mol. The van der Waals surface area contributed by atoms with Crippen LogP contribution >= 0.6 is 0 Å². The number of aromatic nitrogens is 1. The molecule has 0 bridgehead atoms. The molecule has 3 heteroatoms. The molecule has 0 radical (unpaired) electrons. The van der Waals surface area contributed by atoms with Crippen molar-refractivity contribution >= 4 is 0 Å². The fourth-order valence-corrected chi connectivity index (χ4v) is 2.78. The van der Waals surface area contributed by atoms with Crippen LogP contribution in [0.1, 0.15) is 44.2 Å². The van der Waals surface area contributed by atoms with Gasteiger partial charge in [-0.05, 0) is 50.6 Å². The molecule has 1 aromatic heterocycles. The summed E-state index contributed by atoms with van der Waals surface area (Å²) in [5.74, 6) is 0. The van der Waals surface area contributed by atoms with Crippen molar-refractivity contribution < 1.29 is 0 Å². The van der Waals surface area contributed by atoms with Crippen molar-refractivity contribution in [3.8, 4) is 0 Å². The zero-order valence-electron chi connectivity index (χ0n) is 10.7. The molecule has 2 heterocycles. The van der Waals surface area contributed by atoms with Crippen LogP contribution in [0.5, 0.6) is 0 Å². The lowest BCUT2D eigenvalue weighted by Crippen LogP contribution is -2.40. The minimum atomic E-state index is 0.162. The van der Waals surface area contributed by atoms with E-state index < -0.39 is 0 Å². The Morgan fingerprint density at radius 3 is 2.24 bits per heavy atom. The highest BCUT2D eigenvalue weighted by atomic mass is 15.2. The van der Waals surface area contributed by atoms with Gasteiger partial charge < -0.3 is 5.73 Å². The van der Waals surface area contributed by atoms with E-state index in [4.69, 9.17) is 5.73 Å². The van der Waals surface area contributed by atoms with E-state index in [0.29, 0.717) is 6.04 Å². The average molecular weight is 233 g/mol. The topological polar surface area (TPSA) is 42.1 Å². The van der Waals surface area contributed by atoms with Crippen LogP contribution in [0.2, 0.25) is 0 Å².